The van der Waals surface area contributed by atoms with E-state index < -0.39 is 4.93 Å². The lowest BCUT2D eigenvalue weighted by atomic mass is 10.0. The first-order valence-corrected chi connectivity index (χ1v) is 7.98. The van der Waals surface area contributed by atoms with Gasteiger partial charge in [-0.05, 0) is 46.4 Å². The molecule has 0 aliphatic carbocycles. The summed E-state index contributed by atoms with van der Waals surface area (Å²) in [6.07, 6.45) is 1.53. The van der Waals surface area contributed by atoms with Crippen LogP contribution in [0.4, 0.5) is 0 Å². The van der Waals surface area contributed by atoms with Crippen molar-refractivity contribution in [1.82, 2.24) is 0 Å². The lowest BCUT2D eigenvalue weighted by Crippen LogP contribution is -2.27. The van der Waals surface area contributed by atoms with Crippen LogP contribution in [0.15, 0.2) is 60.7 Å². The van der Waals surface area contributed by atoms with E-state index in [0.29, 0.717) is 5.56 Å². The Bertz CT molecular complexity index is 679. The molecule has 1 aliphatic heterocycles. The smallest absolute Gasteiger partial charge is 0.204 e. The van der Waals surface area contributed by atoms with Crippen molar-refractivity contribution in [3.8, 4) is 0 Å². The summed E-state index contributed by atoms with van der Waals surface area (Å²) in [4.78, 5) is 11.5. The third-order valence-electron chi connectivity index (χ3n) is 3.15. The molecule has 0 bridgehead atoms. The monoisotopic (exact) mass is 394 g/mol. The predicted molar refractivity (Wildman–Crippen MR) is 90.1 cm³/mol. The third-order valence-corrected chi connectivity index (χ3v) is 5.17. The minimum atomic E-state index is -1.50. The molecule has 1 unspecified atom stereocenters. The fourth-order valence-corrected chi connectivity index (χ4v) is 3.59. The Kier molecular flexibility index (Phi) is 3.70. The number of hydrogen-bond donors (Lipinski definition) is 1. The van der Waals surface area contributed by atoms with Gasteiger partial charge in [-0.3, -0.25) is 4.79 Å². The van der Waals surface area contributed by atoms with Crippen molar-refractivity contribution < 1.29 is 9.90 Å². The SMILES string of the molecule is O=C1C=C(c2ccccc2)SC1(O)c1ccc(I)cc1. The van der Waals surface area contributed by atoms with E-state index in [9.17, 15) is 9.90 Å². The van der Waals surface area contributed by atoms with Crippen LogP contribution in [0, 0.1) is 3.57 Å². The number of carbonyl (C=O) groups is 1. The maximum absolute atomic E-state index is 12.2. The Hall–Kier alpha value is -1.11. The highest BCUT2D eigenvalue weighted by Gasteiger charge is 2.43. The summed E-state index contributed by atoms with van der Waals surface area (Å²) >= 11 is 3.39. The number of halogens is 1. The molecule has 2 nitrogen and oxygen atoms in total. The Morgan fingerprint density at radius 2 is 1.65 bits per heavy atom. The minimum Gasteiger partial charge on any atom is -0.368 e. The second-order valence-electron chi connectivity index (χ2n) is 4.49. The summed E-state index contributed by atoms with van der Waals surface area (Å²) in [5.74, 6) is -0.275. The Labute approximate surface area is 135 Å². The van der Waals surface area contributed by atoms with E-state index in [4.69, 9.17) is 0 Å². The Morgan fingerprint density at radius 1 is 1.00 bits per heavy atom. The average Bonchev–Trinajstić information content (AvgIpc) is 2.78. The molecule has 0 saturated heterocycles. The second-order valence-corrected chi connectivity index (χ2v) is 6.97. The van der Waals surface area contributed by atoms with Gasteiger partial charge >= 0.3 is 0 Å². The molecule has 4 heteroatoms. The largest absolute Gasteiger partial charge is 0.368 e. The first-order chi connectivity index (χ1) is 9.59. The van der Waals surface area contributed by atoms with Crippen LogP contribution >= 0.6 is 34.4 Å². The third kappa shape index (κ3) is 2.43. The van der Waals surface area contributed by atoms with E-state index in [0.717, 1.165) is 14.0 Å². The maximum atomic E-state index is 12.2. The number of thioether (sulfide) groups is 1. The van der Waals surface area contributed by atoms with Gasteiger partial charge in [-0.25, -0.2) is 0 Å². The quantitative estimate of drug-likeness (QED) is 0.788. The molecule has 1 aliphatic rings. The van der Waals surface area contributed by atoms with Gasteiger partial charge in [0.2, 0.25) is 10.7 Å². The summed E-state index contributed by atoms with van der Waals surface area (Å²) in [7, 11) is 0. The van der Waals surface area contributed by atoms with Crippen LogP contribution in [0.2, 0.25) is 0 Å². The molecule has 0 saturated carbocycles. The highest BCUT2D eigenvalue weighted by molar-refractivity contribution is 14.1. The Morgan fingerprint density at radius 3 is 2.30 bits per heavy atom. The van der Waals surface area contributed by atoms with Crippen molar-refractivity contribution in [2.75, 3.05) is 0 Å². The summed E-state index contributed by atoms with van der Waals surface area (Å²) in [6, 6.07) is 17.0. The molecule has 0 amide bonds. The fourth-order valence-electron chi connectivity index (χ4n) is 2.08. The molecule has 3 rings (SSSR count). The lowest BCUT2D eigenvalue weighted by Gasteiger charge is -2.21. The van der Waals surface area contributed by atoms with Gasteiger partial charge in [0.05, 0.1) is 0 Å². The van der Waals surface area contributed by atoms with Gasteiger partial charge < -0.3 is 5.11 Å². The van der Waals surface area contributed by atoms with E-state index in [-0.39, 0.29) is 5.78 Å². The summed E-state index contributed by atoms with van der Waals surface area (Å²) in [5.41, 5.74) is 1.57. The summed E-state index contributed by atoms with van der Waals surface area (Å²) < 4.78 is 1.07. The van der Waals surface area contributed by atoms with Crippen LogP contribution in [-0.4, -0.2) is 10.9 Å². The molecule has 100 valence electrons. The number of hydrogen-bond acceptors (Lipinski definition) is 3. The number of carbonyl (C=O) groups excluding carboxylic acids is 1. The van der Waals surface area contributed by atoms with E-state index in [1.165, 1.54) is 17.8 Å². The molecule has 0 spiro atoms. The van der Waals surface area contributed by atoms with Crippen molar-refractivity contribution in [2.45, 2.75) is 4.93 Å². The molecule has 0 fully saturated rings. The van der Waals surface area contributed by atoms with E-state index in [2.05, 4.69) is 22.6 Å². The predicted octanol–water partition coefficient (Wildman–Crippen LogP) is 3.79. The van der Waals surface area contributed by atoms with Gasteiger partial charge in [-0.2, -0.15) is 0 Å². The normalized spacial score (nSPS) is 21.9. The highest BCUT2D eigenvalue weighted by Crippen LogP contribution is 2.49. The van der Waals surface area contributed by atoms with Crippen LogP contribution in [-0.2, 0) is 9.73 Å². The van der Waals surface area contributed by atoms with Crippen molar-refractivity contribution in [2.24, 2.45) is 0 Å². The molecule has 2 aromatic rings. The molecule has 1 heterocycles. The summed E-state index contributed by atoms with van der Waals surface area (Å²) in [6.45, 7) is 0. The van der Waals surface area contributed by atoms with Crippen molar-refractivity contribution >= 4 is 45.0 Å². The number of rotatable bonds is 2. The maximum Gasteiger partial charge on any atom is 0.204 e. The first-order valence-electron chi connectivity index (χ1n) is 6.08. The van der Waals surface area contributed by atoms with Crippen molar-refractivity contribution in [3.05, 3.63) is 75.4 Å². The molecule has 20 heavy (non-hydrogen) atoms. The van der Waals surface area contributed by atoms with Crippen molar-refractivity contribution in [1.29, 1.82) is 0 Å². The molecule has 0 aromatic heterocycles. The van der Waals surface area contributed by atoms with E-state index >= 15 is 0 Å². The highest BCUT2D eigenvalue weighted by atomic mass is 127. The first kappa shape index (κ1) is 13.9. The van der Waals surface area contributed by atoms with Gasteiger partial charge in [-0.15, -0.1) is 0 Å². The number of ketones is 1. The van der Waals surface area contributed by atoms with Gasteiger partial charge in [-0.1, -0.05) is 54.2 Å². The topological polar surface area (TPSA) is 37.3 Å². The lowest BCUT2D eigenvalue weighted by molar-refractivity contribution is -0.124. The molecule has 1 atom stereocenters. The molecule has 2 aromatic carbocycles. The van der Waals surface area contributed by atoms with Crippen LogP contribution in [0.1, 0.15) is 11.1 Å². The molecular formula is C16H11IO2S. The van der Waals surface area contributed by atoms with Gasteiger partial charge in [0.1, 0.15) is 0 Å². The average molecular weight is 394 g/mol. The van der Waals surface area contributed by atoms with Crippen molar-refractivity contribution in [3.63, 3.8) is 0 Å². The number of aliphatic hydroxyl groups is 1. The van der Waals surface area contributed by atoms with E-state index in [1.54, 1.807) is 12.1 Å². The fraction of sp³-hybridized carbons (Fsp3) is 0.0625. The van der Waals surface area contributed by atoms with Gasteiger partial charge in [0.15, 0.2) is 0 Å². The zero-order valence-corrected chi connectivity index (χ0v) is 13.4. The van der Waals surface area contributed by atoms with Crippen LogP contribution < -0.4 is 0 Å². The Balaban J connectivity index is 1.95. The minimum absolute atomic E-state index is 0.275. The standard InChI is InChI=1S/C16H11IO2S/c17-13-8-6-12(7-9-13)16(19)15(18)10-14(20-16)11-4-2-1-3-5-11/h1-10,19H. The molecule has 1 N–H and O–H groups in total. The zero-order valence-electron chi connectivity index (χ0n) is 10.4. The molecule has 0 radical (unpaired) electrons. The summed E-state index contributed by atoms with van der Waals surface area (Å²) in [5, 5.41) is 10.7. The van der Waals surface area contributed by atoms with E-state index in [1.807, 2.05) is 42.5 Å². The van der Waals surface area contributed by atoms with Gasteiger partial charge in [0.25, 0.3) is 0 Å². The van der Waals surface area contributed by atoms with Crippen LogP contribution in [0.5, 0.6) is 0 Å². The van der Waals surface area contributed by atoms with Crippen LogP contribution in [0.25, 0.3) is 4.91 Å². The number of benzene rings is 2. The van der Waals surface area contributed by atoms with Gasteiger partial charge in [0, 0.05) is 14.0 Å². The molecular weight excluding hydrogens is 383 g/mol. The zero-order chi connectivity index (χ0) is 14.2. The van der Waals surface area contributed by atoms with Crippen LogP contribution in [0.3, 0.4) is 0 Å². The second kappa shape index (κ2) is 5.35.